The number of carbonyl (C=O) groups is 2. The Hall–Kier alpha value is -2.16. The number of hydrogen-bond acceptors (Lipinski definition) is 6. The molecule has 1 saturated carbocycles. The van der Waals surface area contributed by atoms with Crippen LogP contribution < -0.4 is 5.43 Å². The summed E-state index contributed by atoms with van der Waals surface area (Å²) in [6.45, 7) is 2.26. The number of carboxylic acids is 1. The van der Waals surface area contributed by atoms with Crippen LogP contribution in [0.5, 0.6) is 0 Å². The number of halogens is 1. The van der Waals surface area contributed by atoms with Crippen LogP contribution in [0.25, 0.3) is 0 Å². The minimum atomic E-state index is -0.827. The highest BCUT2D eigenvalue weighted by atomic mass is 32.1. The number of thiol groups is 1. The summed E-state index contributed by atoms with van der Waals surface area (Å²) in [6.07, 6.45) is 6.58. The van der Waals surface area contributed by atoms with Gasteiger partial charge in [-0.15, -0.1) is 0 Å². The van der Waals surface area contributed by atoms with E-state index >= 15 is 0 Å². The van der Waals surface area contributed by atoms with Gasteiger partial charge in [0.05, 0.1) is 12.5 Å². The molecule has 0 spiro atoms. The number of nitrogens with one attached hydrogen (secondary N) is 1. The Labute approximate surface area is 187 Å². The molecule has 6 nitrogen and oxygen atoms in total. The van der Waals surface area contributed by atoms with Gasteiger partial charge in [0.2, 0.25) is 0 Å². The monoisotopic (exact) mass is 445 g/mol. The van der Waals surface area contributed by atoms with E-state index in [0.717, 1.165) is 30.4 Å². The molecular formula is C23H28FN3O3S. The second kappa shape index (κ2) is 9.54. The zero-order valence-electron chi connectivity index (χ0n) is 17.3. The highest BCUT2D eigenvalue weighted by Crippen LogP contribution is 2.39. The predicted molar refractivity (Wildman–Crippen MR) is 119 cm³/mol. The van der Waals surface area contributed by atoms with E-state index in [0.29, 0.717) is 31.7 Å². The molecule has 2 atom stereocenters. The molecule has 2 aliphatic heterocycles. The van der Waals surface area contributed by atoms with Gasteiger partial charge in [-0.25, -0.2) is 9.40 Å². The largest absolute Gasteiger partial charge is 0.481 e. The minimum absolute atomic E-state index is 0.0373. The first-order chi connectivity index (χ1) is 14.9. The Morgan fingerprint density at radius 1 is 1.26 bits per heavy atom. The van der Waals surface area contributed by atoms with Gasteiger partial charge in [-0.2, -0.15) is 12.6 Å². The third-order valence-corrected chi connectivity index (χ3v) is 6.68. The highest BCUT2D eigenvalue weighted by Gasteiger charge is 2.40. The van der Waals surface area contributed by atoms with Crippen molar-refractivity contribution in [2.75, 3.05) is 26.2 Å². The van der Waals surface area contributed by atoms with Crippen molar-refractivity contribution >= 4 is 24.4 Å². The topological polar surface area (TPSA) is 72.9 Å². The second-order valence-electron chi connectivity index (χ2n) is 8.51. The van der Waals surface area contributed by atoms with Gasteiger partial charge in [0.15, 0.2) is 5.78 Å². The van der Waals surface area contributed by atoms with E-state index in [4.69, 9.17) is 17.7 Å². The lowest BCUT2D eigenvalue weighted by Crippen LogP contribution is -2.42. The second-order valence-corrected chi connectivity index (χ2v) is 9.13. The fourth-order valence-corrected chi connectivity index (χ4v) is 4.53. The number of carbonyl (C=O) groups excluding carboxylic acids is 1. The van der Waals surface area contributed by atoms with Crippen LogP contribution >= 0.6 is 12.6 Å². The van der Waals surface area contributed by atoms with Crippen LogP contribution in [0, 0.1) is 11.7 Å². The van der Waals surface area contributed by atoms with Crippen LogP contribution in [0.2, 0.25) is 0 Å². The number of ketones is 1. The molecule has 8 heteroatoms. The first-order valence-corrected chi connectivity index (χ1v) is 11.3. The van der Waals surface area contributed by atoms with Crippen LogP contribution in [0.1, 0.15) is 37.3 Å². The number of benzene rings is 1. The Morgan fingerprint density at radius 2 is 2.03 bits per heavy atom. The molecule has 2 heterocycles. The van der Waals surface area contributed by atoms with Gasteiger partial charge < -0.3 is 10.5 Å². The van der Waals surface area contributed by atoms with Gasteiger partial charge in [0.1, 0.15) is 5.82 Å². The first kappa shape index (κ1) is 22.0. The molecule has 0 radical (unpaired) electrons. The van der Waals surface area contributed by atoms with Gasteiger partial charge in [0.25, 0.3) is 0 Å². The average Bonchev–Trinajstić information content (AvgIpc) is 3.50. The first-order valence-electron chi connectivity index (χ1n) is 10.7. The van der Waals surface area contributed by atoms with Crippen LogP contribution in [0.15, 0.2) is 47.7 Å². The summed E-state index contributed by atoms with van der Waals surface area (Å²) in [5, 5.41) is 10.8. The summed E-state index contributed by atoms with van der Waals surface area (Å²) in [6, 6.07) is 6.01. The SMILES string of the molecule is O=C(O)CCN1CC(/C=C2\CN(C(C(=O)C3CC3)c3ccccc3F)CCC2S)=CN1. The molecule has 1 aromatic rings. The fraction of sp³-hybridized carbons (Fsp3) is 0.478. The number of hydrogen-bond donors (Lipinski definition) is 3. The van der Waals surface area contributed by atoms with Crippen molar-refractivity contribution in [3.8, 4) is 0 Å². The molecule has 1 aliphatic carbocycles. The molecule has 3 aliphatic rings. The summed E-state index contributed by atoms with van der Waals surface area (Å²) in [7, 11) is 0. The maximum Gasteiger partial charge on any atom is 0.304 e. The van der Waals surface area contributed by atoms with Gasteiger partial charge in [-0.3, -0.25) is 14.5 Å². The summed E-state index contributed by atoms with van der Waals surface area (Å²) >= 11 is 4.75. The zero-order valence-corrected chi connectivity index (χ0v) is 18.2. The number of piperidine rings is 1. The molecule has 4 rings (SSSR count). The number of likely N-dealkylation sites (tertiary alicyclic amines) is 1. The third-order valence-electron chi connectivity index (χ3n) is 6.09. The maximum absolute atomic E-state index is 14.6. The predicted octanol–water partition coefficient (Wildman–Crippen LogP) is 2.96. The number of nitrogens with zero attached hydrogens (tertiary/aromatic N) is 2. The van der Waals surface area contributed by atoms with E-state index in [-0.39, 0.29) is 29.2 Å². The molecule has 1 saturated heterocycles. The summed E-state index contributed by atoms with van der Waals surface area (Å²) < 4.78 is 14.6. The van der Waals surface area contributed by atoms with Crippen molar-refractivity contribution in [2.24, 2.45) is 5.92 Å². The third kappa shape index (κ3) is 5.37. The highest BCUT2D eigenvalue weighted by molar-refractivity contribution is 7.81. The summed E-state index contributed by atoms with van der Waals surface area (Å²) in [4.78, 5) is 26.0. The number of aliphatic carboxylic acids is 1. The smallest absolute Gasteiger partial charge is 0.304 e. The molecule has 0 amide bonds. The molecule has 31 heavy (non-hydrogen) atoms. The van der Waals surface area contributed by atoms with Gasteiger partial charge in [0, 0.05) is 49.1 Å². The molecule has 166 valence electrons. The maximum atomic E-state index is 14.6. The van der Waals surface area contributed by atoms with Crippen molar-refractivity contribution in [3.05, 3.63) is 59.1 Å². The quantitative estimate of drug-likeness (QED) is 0.535. The Bertz CT molecular complexity index is 915. The fourth-order valence-electron chi connectivity index (χ4n) is 4.26. The Balaban J connectivity index is 1.50. The Morgan fingerprint density at radius 3 is 2.74 bits per heavy atom. The number of carboxylic acid groups (broad SMARTS) is 1. The molecule has 0 bridgehead atoms. The molecule has 0 aromatic heterocycles. The lowest BCUT2D eigenvalue weighted by molar-refractivity contribution is -0.137. The lowest BCUT2D eigenvalue weighted by Gasteiger charge is -2.37. The zero-order chi connectivity index (χ0) is 22.0. The van der Waals surface area contributed by atoms with E-state index in [1.165, 1.54) is 6.07 Å². The van der Waals surface area contributed by atoms with Crippen LogP contribution in [0.4, 0.5) is 4.39 Å². The standard InChI is InChI=1S/C23H28FN3O3S/c24-19-4-2-1-3-18(19)22(23(30)16-5-6-16)26-9-7-20(31)17(14-26)11-15-12-25-27(13-15)10-8-21(28)29/h1-4,11-12,16,20,22,25,31H,5-10,13-14H2,(H,28,29)/b17-11+. The van der Waals surface area contributed by atoms with Crippen molar-refractivity contribution in [2.45, 2.75) is 37.0 Å². The van der Waals surface area contributed by atoms with E-state index < -0.39 is 12.0 Å². The average molecular weight is 446 g/mol. The van der Waals surface area contributed by atoms with Crippen molar-refractivity contribution in [1.29, 1.82) is 0 Å². The summed E-state index contributed by atoms with van der Waals surface area (Å²) in [5.41, 5.74) is 5.68. The molecular weight excluding hydrogens is 417 g/mol. The minimum Gasteiger partial charge on any atom is -0.481 e. The van der Waals surface area contributed by atoms with E-state index in [9.17, 15) is 14.0 Å². The van der Waals surface area contributed by atoms with Crippen LogP contribution in [-0.4, -0.2) is 58.2 Å². The van der Waals surface area contributed by atoms with E-state index in [2.05, 4.69) is 16.4 Å². The van der Waals surface area contributed by atoms with Gasteiger partial charge in [-0.1, -0.05) is 24.3 Å². The number of rotatable bonds is 8. The molecule has 1 aromatic carbocycles. The molecule has 2 fully saturated rings. The van der Waals surface area contributed by atoms with E-state index in [1.807, 2.05) is 11.2 Å². The Kier molecular flexibility index (Phi) is 6.79. The van der Waals surface area contributed by atoms with Gasteiger partial charge >= 0.3 is 5.97 Å². The summed E-state index contributed by atoms with van der Waals surface area (Å²) in [5.74, 6) is -1.01. The van der Waals surface area contributed by atoms with Crippen molar-refractivity contribution in [3.63, 3.8) is 0 Å². The van der Waals surface area contributed by atoms with E-state index in [1.54, 1.807) is 18.2 Å². The number of Topliss-reactive ketones (excluding diaryl/α,β-unsaturated/α-hetero) is 1. The number of hydrazine groups is 1. The molecule has 2 N–H and O–H groups in total. The van der Waals surface area contributed by atoms with Gasteiger partial charge in [-0.05, 0) is 36.5 Å². The van der Waals surface area contributed by atoms with Crippen LogP contribution in [-0.2, 0) is 9.59 Å². The normalized spacial score (nSPS) is 24.6. The lowest BCUT2D eigenvalue weighted by atomic mass is 9.93. The van der Waals surface area contributed by atoms with Crippen molar-refractivity contribution < 1.29 is 19.1 Å². The van der Waals surface area contributed by atoms with Crippen molar-refractivity contribution in [1.82, 2.24) is 15.3 Å². The van der Waals surface area contributed by atoms with Crippen LogP contribution in [0.3, 0.4) is 0 Å². The molecule has 2 unspecified atom stereocenters.